The lowest BCUT2D eigenvalue weighted by Gasteiger charge is -2.31. The highest BCUT2D eigenvalue weighted by Gasteiger charge is 2.25. The fourth-order valence-corrected chi connectivity index (χ4v) is 2.94. The van der Waals surface area contributed by atoms with E-state index in [1.54, 1.807) is 23.1 Å². The number of ether oxygens (including phenoxy) is 1. The molecule has 0 atom stereocenters. The topological polar surface area (TPSA) is 81.3 Å². The molecule has 0 spiro atoms. The predicted octanol–water partition coefficient (Wildman–Crippen LogP) is 2.38. The van der Waals surface area contributed by atoms with Gasteiger partial charge in [0.1, 0.15) is 17.4 Å². The summed E-state index contributed by atoms with van der Waals surface area (Å²) in [7, 11) is 0. The maximum Gasteiger partial charge on any atom is 0.236 e. The molecule has 2 aromatic rings. The zero-order chi connectivity index (χ0) is 17.8. The van der Waals surface area contributed by atoms with Gasteiger partial charge >= 0.3 is 0 Å². The molecule has 2 heterocycles. The summed E-state index contributed by atoms with van der Waals surface area (Å²) in [5.74, 6) is 1.52. The van der Waals surface area contributed by atoms with Crippen LogP contribution in [0.5, 0.6) is 11.6 Å². The highest BCUT2D eigenvalue weighted by molar-refractivity contribution is 5.78. The van der Waals surface area contributed by atoms with Crippen LogP contribution in [0, 0.1) is 12.7 Å². The lowest BCUT2D eigenvalue weighted by molar-refractivity contribution is -0.130. The fraction of sp³-hybridized carbons (Fsp3) is 0.389. The van der Waals surface area contributed by atoms with E-state index in [0.29, 0.717) is 24.7 Å². The van der Waals surface area contributed by atoms with Crippen LogP contribution in [-0.2, 0) is 4.79 Å². The number of likely N-dealkylation sites (tertiary alicyclic amines) is 1. The van der Waals surface area contributed by atoms with Crippen LogP contribution in [0.2, 0.25) is 0 Å². The second kappa shape index (κ2) is 7.57. The second-order valence-corrected chi connectivity index (χ2v) is 6.12. The molecule has 0 bridgehead atoms. The van der Waals surface area contributed by atoms with E-state index in [9.17, 15) is 9.18 Å². The van der Waals surface area contributed by atoms with Crippen molar-refractivity contribution in [2.75, 3.05) is 19.6 Å². The summed E-state index contributed by atoms with van der Waals surface area (Å²) in [6, 6.07) is 7.55. The first-order chi connectivity index (χ1) is 12.0. The fourth-order valence-electron chi connectivity index (χ4n) is 2.94. The Hall–Kier alpha value is -2.54. The average molecular weight is 344 g/mol. The number of carbonyl (C=O) groups is 1. The zero-order valence-electron chi connectivity index (χ0n) is 14.1. The summed E-state index contributed by atoms with van der Waals surface area (Å²) in [5.41, 5.74) is 6.22. The van der Waals surface area contributed by atoms with Crippen molar-refractivity contribution in [1.82, 2.24) is 14.9 Å². The van der Waals surface area contributed by atoms with E-state index in [1.165, 1.54) is 12.1 Å². The average Bonchev–Trinajstić information content (AvgIpc) is 2.62. The summed E-state index contributed by atoms with van der Waals surface area (Å²) >= 11 is 0. The van der Waals surface area contributed by atoms with Crippen molar-refractivity contribution in [3.63, 3.8) is 0 Å². The number of halogens is 1. The molecule has 1 aliphatic heterocycles. The molecule has 1 saturated heterocycles. The number of aryl methyl sites for hydroxylation is 1. The molecule has 25 heavy (non-hydrogen) atoms. The van der Waals surface area contributed by atoms with Crippen molar-refractivity contribution in [2.45, 2.75) is 25.7 Å². The van der Waals surface area contributed by atoms with Gasteiger partial charge in [0.2, 0.25) is 11.8 Å². The van der Waals surface area contributed by atoms with Crippen LogP contribution in [-0.4, -0.2) is 40.4 Å². The molecule has 7 heteroatoms. The number of benzene rings is 1. The number of carbonyl (C=O) groups excluding carboxylic acids is 1. The van der Waals surface area contributed by atoms with Gasteiger partial charge in [-0.2, -0.15) is 4.98 Å². The summed E-state index contributed by atoms with van der Waals surface area (Å²) in [4.78, 5) is 22.5. The molecule has 0 unspecified atom stereocenters. The van der Waals surface area contributed by atoms with Crippen LogP contribution in [0.15, 0.2) is 30.3 Å². The third-order valence-electron chi connectivity index (χ3n) is 4.27. The number of hydrogen-bond acceptors (Lipinski definition) is 5. The lowest BCUT2D eigenvalue weighted by atomic mass is 9.96. The maximum absolute atomic E-state index is 13.0. The first-order valence-electron chi connectivity index (χ1n) is 8.32. The third kappa shape index (κ3) is 4.30. The van der Waals surface area contributed by atoms with Gasteiger partial charge in [-0.25, -0.2) is 9.37 Å². The normalized spacial score (nSPS) is 15.2. The van der Waals surface area contributed by atoms with Crippen molar-refractivity contribution in [2.24, 2.45) is 5.73 Å². The van der Waals surface area contributed by atoms with Gasteiger partial charge < -0.3 is 15.4 Å². The van der Waals surface area contributed by atoms with Crippen molar-refractivity contribution in [1.29, 1.82) is 0 Å². The Morgan fingerprint density at radius 1 is 1.28 bits per heavy atom. The number of hydrogen-bond donors (Lipinski definition) is 1. The molecule has 1 fully saturated rings. The minimum atomic E-state index is -0.314. The number of nitrogens with two attached hydrogens (primary N) is 1. The molecular weight excluding hydrogens is 323 g/mol. The minimum Gasteiger partial charge on any atom is -0.439 e. The smallest absolute Gasteiger partial charge is 0.236 e. The van der Waals surface area contributed by atoms with Gasteiger partial charge in [0.15, 0.2) is 0 Å². The molecule has 1 amide bonds. The van der Waals surface area contributed by atoms with E-state index >= 15 is 0 Å². The molecule has 0 aliphatic carbocycles. The summed E-state index contributed by atoms with van der Waals surface area (Å²) < 4.78 is 18.7. The Bertz CT molecular complexity index is 743. The van der Waals surface area contributed by atoms with Gasteiger partial charge in [0, 0.05) is 30.8 Å². The number of rotatable bonds is 4. The van der Waals surface area contributed by atoms with E-state index in [1.807, 2.05) is 6.92 Å². The Kier molecular flexibility index (Phi) is 5.23. The van der Waals surface area contributed by atoms with Crippen LogP contribution in [0.3, 0.4) is 0 Å². The third-order valence-corrected chi connectivity index (χ3v) is 4.27. The molecule has 3 rings (SSSR count). The van der Waals surface area contributed by atoms with Crippen LogP contribution < -0.4 is 10.5 Å². The van der Waals surface area contributed by atoms with Crippen LogP contribution in [0.4, 0.5) is 4.39 Å². The lowest BCUT2D eigenvalue weighted by Crippen LogP contribution is -2.41. The first kappa shape index (κ1) is 17.3. The van der Waals surface area contributed by atoms with Crippen LogP contribution >= 0.6 is 0 Å². The van der Waals surface area contributed by atoms with Gasteiger partial charge in [-0.05, 0) is 44.0 Å². The molecule has 0 saturated carbocycles. The number of amides is 1. The van der Waals surface area contributed by atoms with Crippen molar-refractivity contribution >= 4 is 5.91 Å². The maximum atomic E-state index is 13.0. The summed E-state index contributed by atoms with van der Waals surface area (Å²) in [6.07, 6.45) is 1.59. The van der Waals surface area contributed by atoms with Crippen molar-refractivity contribution in [3.8, 4) is 11.6 Å². The minimum absolute atomic E-state index is 0.0241. The van der Waals surface area contributed by atoms with E-state index in [4.69, 9.17) is 10.5 Å². The Labute approximate surface area is 145 Å². The molecular formula is C18H21FN4O2. The SMILES string of the molecule is Cc1cc(Oc2ccc(F)cc2)nc(C2CCN(C(=O)CN)CC2)n1. The molecule has 1 aromatic carbocycles. The van der Waals surface area contributed by atoms with E-state index in [2.05, 4.69) is 9.97 Å². The first-order valence-corrected chi connectivity index (χ1v) is 8.32. The van der Waals surface area contributed by atoms with E-state index in [-0.39, 0.29) is 24.2 Å². The van der Waals surface area contributed by atoms with Crippen molar-refractivity contribution < 1.29 is 13.9 Å². The molecule has 132 valence electrons. The number of nitrogens with zero attached hydrogens (tertiary/aromatic N) is 3. The Morgan fingerprint density at radius 2 is 1.96 bits per heavy atom. The highest BCUT2D eigenvalue weighted by atomic mass is 19.1. The van der Waals surface area contributed by atoms with E-state index in [0.717, 1.165) is 24.4 Å². The monoisotopic (exact) mass is 344 g/mol. The van der Waals surface area contributed by atoms with Gasteiger partial charge in [0.25, 0.3) is 0 Å². The summed E-state index contributed by atoms with van der Waals surface area (Å²) in [5, 5.41) is 0. The van der Waals surface area contributed by atoms with Gasteiger partial charge in [-0.15, -0.1) is 0 Å². The molecule has 2 N–H and O–H groups in total. The molecule has 6 nitrogen and oxygen atoms in total. The van der Waals surface area contributed by atoms with Crippen molar-refractivity contribution in [3.05, 3.63) is 47.7 Å². The molecule has 1 aromatic heterocycles. The summed E-state index contributed by atoms with van der Waals surface area (Å²) in [6.45, 7) is 3.25. The van der Waals surface area contributed by atoms with Gasteiger partial charge in [0.05, 0.1) is 6.54 Å². The Balaban J connectivity index is 1.71. The second-order valence-electron chi connectivity index (χ2n) is 6.12. The van der Waals surface area contributed by atoms with Crippen LogP contribution in [0.25, 0.3) is 0 Å². The quantitative estimate of drug-likeness (QED) is 0.921. The van der Waals surface area contributed by atoms with Crippen LogP contribution in [0.1, 0.15) is 30.3 Å². The molecule has 0 radical (unpaired) electrons. The highest BCUT2D eigenvalue weighted by Crippen LogP contribution is 2.28. The molecule has 1 aliphatic rings. The zero-order valence-corrected chi connectivity index (χ0v) is 14.1. The van der Waals surface area contributed by atoms with Gasteiger partial charge in [-0.1, -0.05) is 0 Å². The Morgan fingerprint density at radius 3 is 2.60 bits per heavy atom. The number of aromatic nitrogens is 2. The largest absolute Gasteiger partial charge is 0.439 e. The number of piperidine rings is 1. The predicted molar refractivity (Wildman–Crippen MR) is 90.9 cm³/mol. The van der Waals surface area contributed by atoms with E-state index < -0.39 is 0 Å². The standard InChI is InChI=1S/C18H21FN4O2/c1-12-10-16(25-15-4-2-14(19)3-5-15)22-18(21-12)13-6-8-23(9-7-13)17(24)11-20/h2-5,10,13H,6-9,11,20H2,1H3. The van der Waals surface area contributed by atoms with Gasteiger partial charge in [-0.3, -0.25) is 4.79 Å².